The second-order valence-corrected chi connectivity index (χ2v) is 7.81. The van der Waals surface area contributed by atoms with Gasteiger partial charge in [0, 0.05) is 29.7 Å². The first-order valence-corrected chi connectivity index (χ1v) is 10.4. The topological polar surface area (TPSA) is 78.5 Å². The molecule has 0 bridgehead atoms. The molecule has 0 fully saturated rings. The molecule has 156 valence electrons. The molecule has 0 radical (unpaired) electrons. The Labute approximate surface area is 175 Å². The first-order valence-electron chi connectivity index (χ1n) is 10.4. The van der Waals surface area contributed by atoms with Gasteiger partial charge in [-0.3, -0.25) is 9.20 Å². The van der Waals surface area contributed by atoms with Gasteiger partial charge in [-0.15, -0.1) is 10.2 Å². The van der Waals surface area contributed by atoms with Crippen molar-refractivity contribution >= 4 is 17.4 Å². The number of carbonyl (C=O) groups excluding carboxylic acids is 2. The number of carbonyl (C=O) groups is 2. The summed E-state index contributed by atoms with van der Waals surface area (Å²) in [6.45, 7) is 4.56. The Morgan fingerprint density at radius 3 is 2.87 bits per heavy atom. The van der Waals surface area contributed by atoms with Crippen LogP contribution in [-0.4, -0.2) is 37.5 Å². The van der Waals surface area contributed by atoms with Crippen molar-refractivity contribution in [1.29, 1.82) is 0 Å². The summed E-state index contributed by atoms with van der Waals surface area (Å²) in [7, 11) is 0. The van der Waals surface area contributed by atoms with Crippen molar-refractivity contribution in [1.82, 2.24) is 19.2 Å². The van der Waals surface area contributed by atoms with Gasteiger partial charge >= 0.3 is 5.97 Å². The lowest BCUT2D eigenvalue weighted by Crippen LogP contribution is -2.15. The fraction of sp³-hybridized carbons (Fsp3) is 0.391. The number of esters is 1. The highest BCUT2D eigenvalue weighted by Crippen LogP contribution is 2.23. The number of fused-ring (bicyclic) bond motifs is 1. The van der Waals surface area contributed by atoms with Crippen LogP contribution in [-0.2, 0) is 11.3 Å². The largest absolute Gasteiger partial charge is 0.454 e. The van der Waals surface area contributed by atoms with Crippen molar-refractivity contribution in [2.75, 3.05) is 6.61 Å². The zero-order valence-electron chi connectivity index (χ0n) is 17.4. The van der Waals surface area contributed by atoms with Crippen LogP contribution in [0.5, 0.6) is 0 Å². The van der Waals surface area contributed by atoms with E-state index in [-0.39, 0.29) is 12.4 Å². The number of pyridine rings is 1. The predicted octanol–water partition coefficient (Wildman–Crippen LogP) is 4.08. The molecule has 4 rings (SSSR count). The van der Waals surface area contributed by atoms with Crippen LogP contribution in [0.2, 0.25) is 0 Å². The highest BCUT2D eigenvalue weighted by molar-refractivity contribution is 6.00. The Balaban J connectivity index is 1.39. The van der Waals surface area contributed by atoms with Crippen LogP contribution in [0, 0.1) is 13.8 Å². The van der Waals surface area contributed by atoms with Crippen LogP contribution < -0.4 is 0 Å². The number of hydrogen-bond acceptors (Lipinski definition) is 5. The van der Waals surface area contributed by atoms with E-state index < -0.39 is 5.97 Å². The monoisotopic (exact) mass is 406 g/mol. The minimum atomic E-state index is -0.544. The molecule has 0 saturated heterocycles. The zero-order chi connectivity index (χ0) is 21.1. The number of ketones is 1. The molecule has 1 aliphatic carbocycles. The highest BCUT2D eigenvalue weighted by atomic mass is 16.5. The molecule has 0 saturated carbocycles. The molecule has 7 heteroatoms. The van der Waals surface area contributed by atoms with Crippen LogP contribution >= 0.6 is 0 Å². The molecule has 0 unspecified atom stereocenters. The number of rotatable bonds is 7. The van der Waals surface area contributed by atoms with E-state index in [4.69, 9.17) is 4.74 Å². The molecule has 0 aromatic carbocycles. The Hall–Kier alpha value is -3.22. The number of Topliss-reactive ketones (excluding diaryl/α,β-unsaturated/α-hetero) is 1. The molecule has 0 N–H and O–H groups in total. The summed E-state index contributed by atoms with van der Waals surface area (Å²) in [6.07, 6.45) is 11.4. The third-order valence-electron chi connectivity index (χ3n) is 5.78. The average Bonchev–Trinajstić information content (AvgIpc) is 3.34. The van der Waals surface area contributed by atoms with E-state index in [2.05, 4.69) is 20.8 Å². The molecule has 0 spiro atoms. The highest BCUT2D eigenvalue weighted by Gasteiger charge is 2.18. The van der Waals surface area contributed by atoms with E-state index in [9.17, 15) is 9.59 Å². The number of allylic oxidation sites excluding steroid dienone is 2. The summed E-state index contributed by atoms with van der Waals surface area (Å²) in [5.74, 6) is -0.734. The van der Waals surface area contributed by atoms with Crippen molar-refractivity contribution in [3.05, 3.63) is 64.9 Å². The summed E-state index contributed by atoms with van der Waals surface area (Å²) in [4.78, 5) is 25.1. The number of ether oxygens (including phenoxy) is 1. The quantitative estimate of drug-likeness (QED) is 0.336. The second kappa shape index (κ2) is 8.65. The Morgan fingerprint density at radius 1 is 1.20 bits per heavy atom. The summed E-state index contributed by atoms with van der Waals surface area (Å²) >= 11 is 0. The molecule has 1 aliphatic rings. The molecule has 3 aromatic rings. The van der Waals surface area contributed by atoms with Crippen LogP contribution in [0.3, 0.4) is 0 Å². The van der Waals surface area contributed by atoms with Crippen LogP contribution in [0.4, 0.5) is 0 Å². The van der Waals surface area contributed by atoms with E-state index in [1.807, 2.05) is 19.9 Å². The number of nitrogens with zero attached hydrogens (tertiary/aromatic N) is 4. The number of hydrogen-bond donors (Lipinski definition) is 0. The lowest BCUT2D eigenvalue weighted by atomic mass is 9.97. The van der Waals surface area contributed by atoms with E-state index in [1.165, 1.54) is 37.6 Å². The van der Waals surface area contributed by atoms with E-state index >= 15 is 0 Å². The van der Waals surface area contributed by atoms with Crippen LogP contribution in [0.25, 0.3) is 5.65 Å². The minimum absolute atomic E-state index is 0.190. The van der Waals surface area contributed by atoms with Gasteiger partial charge in [-0.2, -0.15) is 0 Å². The fourth-order valence-corrected chi connectivity index (χ4v) is 4.06. The lowest BCUT2D eigenvalue weighted by Gasteiger charge is -2.15. The molecule has 0 atom stereocenters. The van der Waals surface area contributed by atoms with Crippen LogP contribution in [0.15, 0.2) is 42.4 Å². The third kappa shape index (κ3) is 4.20. The lowest BCUT2D eigenvalue weighted by molar-refractivity contribution is 0.0474. The Bertz CT molecular complexity index is 1120. The predicted molar refractivity (Wildman–Crippen MR) is 113 cm³/mol. The summed E-state index contributed by atoms with van der Waals surface area (Å²) in [5.41, 5.74) is 5.10. The van der Waals surface area contributed by atoms with Gasteiger partial charge < -0.3 is 9.30 Å². The standard InChI is InChI=1S/C23H26N4O3/c1-16-12-20(17(2)27(16)11-10-18-6-4-3-5-7-18)21(28)14-30-23(29)19-8-9-22-25-24-15-26(22)13-19/h6,8-9,12-13,15H,3-5,7,10-11,14H2,1-2H3. The van der Waals surface area contributed by atoms with Gasteiger partial charge in [0.1, 0.15) is 6.33 Å². The van der Waals surface area contributed by atoms with Gasteiger partial charge in [-0.25, -0.2) is 4.79 Å². The SMILES string of the molecule is Cc1cc(C(=O)COC(=O)c2ccc3nncn3c2)c(C)n1CCC1=CCCCC1. The van der Waals surface area contributed by atoms with Gasteiger partial charge in [0.05, 0.1) is 5.56 Å². The summed E-state index contributed by atoms with van der Waals surface area (Å²) < 4.78 is 9.09. The van der Waals surface area contributed by atoms with Crippen molar-refractivity contribution < 1.29 is 14.3 Å². The molecule has 0 amide bonds. The van der Waals surface area contributed by atoms with E-state index in [1.54, 1.807) is 22.7 Å². The number of aromatic nitrogens is 4. The molecule has 30 heavy (non-hydrogen) atoms. The maximum atomic E-state index is 12.7. The van der Waals surface area contributed by atoms with Gasteiger partial charge in [-0.1, -0.05) is 11.6 Å². The zero-order valence-corrected chi connectivity index (χ0v) is 17.4. The summed E-state index contributed by atoms with van der Waals surface area (Å²) in [5, 5.41) is 7.68. The van der Waals surface area contributed by atoms with Gasteiger partial charge in [-0.05, 0) is 64.2 Å². The van der Waals surface area contributed by atoms with Crippen LogP contribution in [0.1, 0.15) is 64.2 Å². The first-order chi connectivity index (χ1) is 14.5. The third-order valence-corrected chi connectivity index (χ3v) is 5.78. The van der Waals surface area contributed by atoms with Crippen molar-refractivity contribution in [2.45, 2.75) is 52.5 Å². The number of aryl methyl sites for hydroxylation is 1. The van der Waals surface area contributed by atoms with Gasteiger partial charge in [0.25, 0.3) is 0 Å². The normalized spacial score (nSPS) is 14.0. The Morgan fingerprint density at radius 2 is 2.07 bits per heavy atom. The molecule has 3 aromatic heterocycles. The summed E-state index contributed by atoms with van der Waals surface area (Å²) in [6, 6.07) is 5.19. The maximum absolute atomic E-state index is 12.7. The molecule has 3 heterocycles. The first kappa shape index (κ1) is 20.1. The second-order valence-electron chi connectivity index (χ2n) is 7.81. The van der Waals surface area contributed by atoms with Gasteiger partial charge in [0.15, 0.2) is 12.3 Å². The average molecular weight is 406 g/mol. The molecule has 0 aliphatic heterocycles. The van der Waals surface area contributed by atoms with Gasteiger partial charge in [0.2, 0.25) is 5.78 Å². The molecular formula is C23H26N4O3. The molecule has 7 nitrogen and oxygen atoms in total. The van der Waals surface area contributed by atoms with Crippen molar-refractivity contribution in [2.24, 2.45) is 0 Å². The fourth-order valence-electron chi connectivity index (χ4n) is 4.06. The van der Waals surface area contributed by atoms with E-state index in [0.717, 1.165) is 24.4 Å². The van der Waals surface area contributed by atoms with Crippen molar-refractivity contribution in [3.8, 4) is 0 Å². The smallest absolute Gasteiger partial charge is 0.340 e. The Kier molecular flexibility index (Phi) is 5.79. The van der Waals surface area contributed by atoms with Crippen molar-refractivity contribution in [3.63, 3.8) is 0 Å². The minimum Gasteiger partial charge on any atom is -0.454 e. The van der Waals surface area contributed by atoms with E-state index in [0.29, 0.717) is 16.8 Å². The molecular weight excluding hydrogens is 380 g/mol. The maximum Gasteiger partial charge on any atom is 0.340 e.